The standard InChI is InChI=1S/C25H32Cl2N3O9P/c1-14(2)37-22(33)15(3)29-40(35,39-18-9-5-8-17(12-18)16-6-4-7-16)36-13-19-21(32)25(26,27)23(38-19)30-11-10-20(31)28-24(30)34/h5,8-12,14-16,19,21,23,32H,4,6-7,13H2,1-3H3,(H,29,35)(H,28,31,34)/t15?,19-,21-,23-,40?/m1/s1. The zero-order valence-corrected chi connectivity index (χ0v) is 24.5. The Hall–Kier alpha value is -2.18. The number of rotatable bonds is 11. The molecular weight excluding hydrogens is 588 g/mol. The number of aliphatic hydroxyl groups is 1. The van der Waals surface area contributed by atoms with Crippen LogP contribution >= 0.6 is 30.9 Å². The van der Waals surface area contributed by atoms with Gasteiger partial charge in [-0.25, -0.2) is 9.36 Å². The zero-order valence-electron chi connectivity index (χ0n) is 22.1. The first-order valence-electron chi connectivity index (χ1n) is 12.8. The van der Waals surface area contributed by atoms with E-state index < -0.39 is 66.5 Å². The van der Waals surface area contributed by atoms with Crippen LogP contribution in [0.4, 0.5) is 0 Å². The summed E-state index contributed by atoms with van der Waals surface area (Å²) in [7, 11) is -4.31. The predicted molar refractivity (Wildman–Crippen MR) is 147 cm³/mol. The molecule has 40 heavy (non-hydrogen) atoms. The van der Waals surface area contributed by atoms with Crippen LogP contribution in [0.2, 0.25) is 0 Å². The van der Waals surface area contributed by atoms with Gasteiger partial charge in [-0.3, -0.25) is 23.7 Å². The number of esters is 1. The molecular formula is C25H32Cl2N3O9P. The molecule has 4 rings (SSSR count). The summed E-state index contributed by atoms with van der Waals surface area (Å²) in [6.45, 7) is 4.24. The van der Waals surface area contributed by atoms with E-state index in [2.05, 4.69) is 10.1 Å². The molecule has 12 nitrogen and oxygen atoms in total. The second kappa shape index (κ2) is 12.4. The highest BCUT2D eigenvalue weighted by atomic mass is 35.5. The Morgan fingerprint density at radius 3 is 2.62 bits per heavy atom. The van der Waals surface area contributed by atoms with Crippen molar-refractivity contribution in [1.29, 1.82) is 0 Å². The van der Waals surface area contributed by atoms with Crippen molar-refractivity contribution >= 4 is 36.9 Å². The molecule has 2 aliphatic rings. The molecule has 3 N–H and O–H groups in total. The summed E-state index contributed by atoms with van der Waals surface area (Å²) >= 11 is 12.7. The second-order valence-corrected chi connectivity index (χ2v) is 13.2. The van der Waals surface area contributed by atoms with Crippen molar-refractivity contribution < 1.29 is 33.0 Å². The van der Waals surface area contributed by atoms with E-state index in [4.69, 9.17) is 41.7 Å². The van der Waals surface area contributed by atoms with Gasteiger partial charge in [-0.2, -0.15) is 5.09 Å². The normalized spacial score (nSPS) is 24.7. The molecule has 0 bridgehead atoms. The number of ether oxygens (including phenoxy) is 2. The summed E-state index contributed by atoms with van der Waals surface area (Å²) in [5.41, 5.74) is -0.484. The van der Waals surface area contributed by atoms with E-state index in [1.807, 2.05) is 6.07 Å². The average Bonchev–Trinajstić information content (AvgIpc) is 3.05. The first-order chi connectivity index (χ1) is 18.8. The van der Waals surface area contributed by atoms with E-state index in [0.717, 1.165) is 41.7 Å². The number of aliphatic hydroxyl groups excluding tert-OH is 1. The molecule has 1 saturated heterocycles. The van der Waals surface area contributed by atoms with Gasteiger partial charge in [-0.15, -0.1) is 0 Å². The Labute approximate surface area is 240 Å². The van der Waals surface area contributed by atoms with Crippen molar-refractivity contribution in [3.63, 3.8) is 0 Å². The lowest BCUT2D eigenvalue weighted by molar-refractivity contribution is -0.149. The minimum atomic E-state index is -4.31. The van der Waals surface area contributed by atoms with E-state index in [1.165, 1.54) is 6.92 Å². The van der Waals surface area contributed by atoms with Gasteiger partial charge in [0.2, 0.25) is 0 Å². The Kier molecular flexibility index (Phi) is 9.51. The molecule has 2 aromatic rings. The number of aromatic nitrogens is 2. The van der Waals surface area contributed by atoms with Crippen LogP contribution in [-0.4, -0.2) is 55.9 Å². The molecule has 0 amide bonds. The monoisotopic (exact) mass is 619 g/mol. The van der Waals surface area contributed by atoms with Gasteiger partial charge in [0.15, 0.2) is 10.6 Å². The van der Waals surface area contributed by atoms with Gasteiger partial charge in [-0.05, 0) is 57.2 Å². The van der Waals surface area contributed by atoms with Crippen molar-refractivity contribution in [2.75, 3.05) is 6.61 Å². The summed E-state index contributed by atoms with van der Waals surface area (Å²) in [4.78, 5) is 38.3. The average molecular weight is 620 g/mol. The minimum Gasteiger partial charge on any atom is -0.462 e. The van der Waals surface area contributed by atoms with Gasteiger partial charge < -0.3 is 19.1 Å². The lowest BCUT2D eigenvalue weighted by atomic mass is 9.80. The predicted octanol–water partition coefficient (Wildman–Crippen LogP) is 3.37. The van der Waals surface area contributed by atoms with Crippen molar-refractivity contribution in [2.45, 2.75) is 80.9 Å². The van der Waals surface area contributed by atoms with Gasteiger partial charge in [0, 0.05) is 12.3 Å². The molecule has 2 heterocycles. The highest BCUT2D eigenvalue weighted by Crippen LogP contribution is 2.50. The van der Waals surface area contributed by atoms with Gasteiger partial charge in [0.25, 0.3) is 5.56 Å². The topological polar surface area (TPSA) is 158 Å². The molecule has 2 unspecified atom stereocenters. The van der Waals surface area contributed by atoms with Crippen molar-refractivity contribution in [2.24, 2.45) is 0 Å². The zero-order chi connectivity index (χ0) is 29.2. The maximum absolute atomic E-state index is 14.0. The van der Waals surface area contributed by atoms with Crippen molar-refractivity contribution in [1.82, 2.24) is 14.6 Å². The quantitative estimate of drug-likeness (QED) is 0.193. The molecule has 15 heteroatoms. The summed E-state index contributed by atoms with van der Waals surface area (Å²) in [5, 5.41) is 13.4. The van der Waals surface area contributed by atoms with Crippen LogP contribution in [0.15, 0.2) is 46.1 Å². The van der Waals surface area contributed by atoms with Crippen molar-refractivity contribution in [3.05, 3.63) is 62.9 Å². The molecule has 1 aliphatic carbocycles. The number of nitrogens with one attached hydrogen (secondary N) is 2. The molecule has 0 spiro atoms. The number of halogens is 2. The summed E-state index contributed by atoms with van der Waals surface area (Å²) in [5.74, 6) is -0.0484. The van der Waals surface area contributed by atoms with E-state index in [-0.39, 0.29) is 5.75 Å². The largest absolute Gasteiger partial charge is 0.462 e. The van der Waals surface area contributed by atoms with Gasteiger partial charge in [-0.1, -0.05) is 41.8 Å². The second-order valence-electron chi connectivity index (χ2n) is 10.1. The minimum absolute atomic E-state index is 0.249. The number of hydrogen-bond acceptors (Lipinski definition) is 9. The first-order valence-corrected chi connectivity index (χ1v) is 15.1. The molecule has 0 radical (unpaired) electrons. The maximum atomic E-state index is 14.0. The molecule has 1 aliphatic heterocycles. The smallest absolute Gasteiger partial charge is 0.459 e. The first kappa shape index (κ1) is 30.8. The third-order valence-electron chi connectivity index (χ3n) is 6.61. The number of carbonyl (C=O) groups is 1. The Bertz CT molecular complexity index is 1380. The van der Waals surface area contributed by atoms with Gasteiger partial charge >= 0.3 is 19.4 Å². The SMILES string of the molecule is CC(C)OC(=O)C(C)NP(=O)(OC[C@H]1O[C@@H](n2ccc(=O)[nH]c2=O)C(Cl)(Cl)[C@@H]1O)Oc1cccc(C2CCC2)c1. The highest BCUT2D eigenvalue weighted by Gasteiger charge is 2.56. The lowest BCUT2D eigenvalue weighted by Crippen LogP contribution is -2.41. The Morgan fingerprint density at radius 2 is 2.00 bits per heavy atom. The Morgan fingerprint density at radius 1 is 1.27 bits per heavy atom. The summed E-state index contributed by atoms with van der Waals surface area (Å²) in [6.07, 6.45) is -0.383. The summed E-state index contributed by atoms with van der Waals surface area (Å²) < 4.78 is 35.2. The number of H-pyrrole nitrogens is 1. The van der Waals surface area contributed by atoms with Crippen LogP contribution in [0.3, 0.4) is 0 Å². The van der Waals surface area contributed by atoms with Crippen LogP contribution in [0.5, 0.6) is 5.75 Å². The fraction of sp³-hybridized carbons (Fsp3) is 0.560. The van der Waals surface area contributed by atoms with E-state index in [1.54, 1.807) is 32.0 Å². The van der Waals surface area contributed by atoms with Crippen LogP contribution in [0, 0.1) is 0 Å². The maximum Gasteiger partial charge on any atom is 0.459 e. The third-order valence-corrected chi connectivity index (χ3v) is 9.07. The number of carbonyl (C=O) groups excluding carboxylic acids is 1. The van der Waals surface area contributed by atoms with Gasteiger partial charge in [0.05, 0.1) is 12.7 Å². The molecule has 1 aromatic heterocycles. The summed E-state index contributed by atoms with van der Waals surface area (Å²) in [6, 6.07) is 7.08. The fourth-order valence-corrected chi connectivity index (χ4v) is 6.40. The third kappa shape index (κ3) is 6.99. The van der Waals surface area contributed by atoms with E-state index in [9.17, 15) is 24.1 Å². The van der Waals surface area contributed by atoms with Crippen LogP contribution in [-0.2, 0) is 23.4 Å². The number of hydrogen-bond donors (Lipinski definition) is 3. The fourth-order valence-electron chi connectivity index (χ4n) is 4.31. The van der Waals surface area contributed by atoms with E-state index >= 15 is 0 Å². The number of benzene rings is 1. The Balaban J connectivity index is 1.54. The highest BCUT2D eigenvalue weighted by molar-refractivity contribution is 7.52. The molecule has 2 fully saturated rings. The van der Waals surface area contributed by atoms with Gasteiger partial charge in [0.1, 0.15) is 24.0 Å². The molecule has 5 atom stereocenters. The number of aromatic amines is 1. The molecule has 1 aromatic carbocycles. The van der Waals surface area contributed by atoms with E-state index in [0.29, 0.717) is 5.92 Å². The van der Waals surface area contributed by atoms with Crippen LogP contribution < -0.4 is 20.9 Å². The molecule has 220 valence electrons. The number of nitrogens with zero attached hydrogens (tertiary/aromatic N) is 1. The van der Waals surface area contributed by atoms with Crippen LogP contribution in [0.25, 0.3) is 0 Å². The number of alkyl halides is 2. The lowest BCUT2D eigenvalue weighted by Gasteiger charge is -2.27. The van der Waals surface area contributed by atoms with Crippen molar-refractivity contribution in [3.8, 4) is 5.75 Å². The molecule has 1 saturated carbocycles. The van der Waals surface area contributed by atoms with Crippen LogP contribution in [0.1, 0.15) is 57.7 Å².